The topological polar surface area (TPSA) is 55.0 Å². The van der Waals surface area contributed by atoms with Crippen molar-refractivity contribution in [2.75, 3.05) is 6.61 Å². The highest BCUT2D eigenvalue weighted by Gasteiger charge is 2.25. The van der Waals surface area contributed by atoms with Crippen LogP contribution in [0.3, 0.4) is 0 Å². The van der Waals surface area contributed by atoms with Crippen molar-refractivity contribution in [3.8, 4) is 5.75 Å². The summed E-state index contributed by atoms with van der Waals surface area (Å²) in [6.45, 7) is 6.73. The Morgan fingerprint density at radius 3 is 2.81 bits per heavy atom. The minimum atomic E-state index is -0.142. The molecule has 0 radical (unpaired) electrons. The molecule has 1 atom stereocenters. The van der Waals surface area contributed by atoms with E-state index in [0.29, 0.717) is 6.61 Å². The van der Waals surface area contributed by atoms with E-state index in [4.69, 9.17) is 4.74 Å². The molecule has 4 nitrogen and oxygen atoms in total. The molecule has 2 aromatic rings. The van der Waals surface area contributed by atoms with Gasteiger partial charge in [-0.1, -0.05) is 39.0 Å². The van der Waals surface area contributed by atoms with Gasteiger partial charge in [0.15, 0.2) is 0 Å². The van der Waals surface area contributed by atoms with Crippen LogP contribution in [0.4, 0.5) is 0 Å². The summed E-state index contributed by atoms with van der Waals surface area (Å²) >= 11 is 0. The van der Waals surface area contributed by atoms with Gasteiger partial charge >= 0.3 is 0 Å². The Labute approximate surface area is 124 Å². The average molecular weight is 284 g/mol. The second-order valence-electron chi connectivity index (χ2n) is 6.59. The van der Waals surface area contributed by atoms with E-state index >= 15 is 0 Å². The van der Waals surface area contributed by atoms with Gasteiger partial charge in [-0.05, 0) is 18.1 Å². The normalized spacial score (nSPS) is 18.0. The molecule has 21 heavy (non-hydrogen) atoms. The number of nitrogens with one attached hydrogen (secondary N) is 1. The van der Waals surface area contributed by atoms with Crippen molar-refractivity contribution < 1.29 is 4.74 Å². The summed E-state index contributed by atoms with van der Waals surface area (Å²) in [5.74, 6) is 1.75. The Morgan fingerprint density at radius 1 is 1.29 bits per heavy atom. The van der Waals surface area contributed by atoms with E-state index < -0.39 is 0 Å². The number of hydrogen-bond acceptors (Lipinski definition) is 3. The molecule has 1 aromatic heterocycles. The van der Waals surface area contributed by atoms with E-state index in [0.717, 1.165) is 29.3 Å². The van der Waals surface area contributed by atoms with Gasteiger partial charge < -0.3 is 9.72 Å². The number of rotatable bonds is 1. The Bertz CT molecular complexity index is 713. The van der Waals surface area contributed by atoms with Gasteiger partial charge in [0.25, 0.3) is 5.56 Å². The zero-order valence-electron chi connectivity index (χ0n) is 12.6. The van der Waals surface area contributed by atoms with E-state index in [1.165, 1.54) is 0 Å². The number of para-hydroxylation sites is 1. The maximum atomic E-state index is 11.9. The lowest BCUT2D eigenvalue weighted by Crippen LogP contribution is -2.27. The van der Waals surface area contributed by atoms with Gasteiger partial charge in [-0.15, -0.1) is 0 Å². The highest BCUT2D eigenvalue weighted by molar-refractivity contribution is 5.36. The molecule has 0 amide bonds. The van der Waals surface area contributed by atoms with Crippen molar-refractivity contribution in [3.63, 3.8) is 0 Å². The summed E-state index contributed by atoms with van der Waals surface area (Å²) in [4.78, 5) is 19.4. The second kappa shape index (κ2) is 5.02. The fraction of sp³-hybridized carbons (Fsp3) is 0.412. The molecule has 3 rings (SSSR count). The third-order valence-corrected chi connectivity index (χ3v) is 3.79. The fourth-order valence-electron chi connectivity index (χ4n) is 2.56. The van der Waals surface area contributed by atoms with Gasteiger partial charge in [-0.25, -0.2) is 4.98 Å². The van der Waals surface area contributed by atoms with Gasteiger partial charge in [0.2, 0.25) is 0 Å². The lowest BCUT2D eigenvalue weighted by atomic mass is 9.91. The average Bonchev–Trinajstić information content (AvgIpc) is 2.45. The quantitative estimate of drug-likeness (QED) is 0.876. The third-order valence-electron chi connectivity index (χ3n) is 3.79. The minimum Gasteiger partial charge on any atom is -0.493 e. The molecule has 1 N–H and O–H groups in total. The molecule has 0 bridgehead atoms. The lowest BCUT2D eigenvalue weighted by Gasteiger charge is -2.26. The maximum Gasteiger partial charge on any atom is 0.251 e. The third kappa shape index (κ3) is 2.84. The van der Waals surface area contributed by atoms with Gasteiger partial charge in [0.1, 0.15) is 11.6 Å². The summed E-state index contributed by atoms with van der Waals surface area (Å²) in [6.07, 6.45) is 0.840. The molecule has 1 unspecified atom stereocenters. The van der Waals surface area contributed by atoms with E-state index in [-0.39, 0.29) is 16.9 Å². The molecule has 2 heterocycles. The van der Waals surface area contributed by atoms with Crippen molar-refractivity contribution >= 4 is 0 Å². The van der Waals surface area contributed by atoms with Crippen molar-refractivity contribution in [2.45, 2.75) is 38.5 Å². The molecule has 4 heteroatoms. The van der Waals surface area contributed by atoms with Crippen LogP contribution >= 0.6 is 0 Å². The van der Waals surface area contributed by atoms with Crippen molar-refractivity contribution in [1.29, 1.82) is 0 Å². The minimum absolute atomic E-state index is 0.0925. The zero-order valence-corrected chi connectivity index (χ0v) is 12.6. The highest BCUT2D eigenvalue weighted by Crippen LogP contribution is 2.31. The van der Waals surface area contributed by atoms with E-state index in [1.54, 1.807) is 6.07 Å². The number of hydrogen-bond donors (Lipinski definition) is 1. The first-order valence-electron chi connectivity index (χ1n) is 7.26. The standard InChI is InChI=1S/C17H20N2O2/c1-17(2,3)14-9-15(20)19-16(18-14)12-8-11-6-4-5-7-13(11)21-10-12/h4-7,9,12H,8,10H2,1-3H3,(H,18,19,20). The molecule has 1 aliphatic heterocycles. The van der Waals surface area contributed by atoms with Crippen molar-refractivity contribution in [1.82, 2.24) is 9.97 Å². The van der Waals surface area contributed by atoms with Gasteiger partial charge in [-0.3, -0.25) is 4.79 Å². The Kier molecular flexibility index (Phi) is 3.32. The smallest absolute Gasteiger partial charge is 0.251 e. The van der Waals surface area contributed by atoms with Gasteiger partial charge in [-0.2, -0.15) is 0 Å². The van der Waals surface area contributed by atoms with Gasteiger partial charge in [0.05, 0.1) is 18.2 Å². The van der Waals surface area contributed by atoms with E-state index in [1.807, 2.05) is 18.2 Å². The van der Waals surface area contributed by atoms with Gasteiger partial charge in [0, 0.05) is 11.5 Å². The van der Waals surface area contributed by atoms with Crippen LogP contribution in [0.1, 0.15) is 43.8 Å². The monoisotopic (exact) mass is 284 g/mol. The Hall–Kier alpha value is -2.10. The summed E-state index contributed by atoms with van der Waals surface area (Å²) in [6, 6.07) is 9.60. The predicted octanol–water partition coefficient (Wildman–Crippen LogP) is 2.79. The first kappa shape index (κ1) is 13.9. The first-order chi connectivity index (χ1) is 9.93. The van der Waals surface area contributed by atoms with E-state index in [2.05, 4.69) is 36.8 Å². The molecule has 1 aromatic carbocycles. The molecular weight excluding hydrogens is 264 g/mol. The molecular formula is C17H20N2O2. The molecule has 0 saturated heterocycles. The van der Waals surface area contributed by atoms with Crippen LogP contribution in [-0.4, -0.2) is 16.6 Å². The van der Waals surface area contributed by atoms with Crippen LogP contribution < -0.4 is 10.3 Å². The highest BCUT2D eigenvalue weighted by atomic mass is 16.5. The zero-order chi connectivity index (χ0) is 15.0. The number of nitrogens with zero attached hydrogens (tertiary/aromatic N) is 1. The largest absolute Gasteiger partial charge is 0.493 e. The summed E-state index contributed by atoms with van der Waals surface area (Å²) in [5, 5.41) is 0. The molecule has 110 valence electrons. The Morgan fingerprint density at radius 2 is 2.05 bits per heavy atom. The SMILES string of the molecule is CC(C)(C)c1cc(=O)[nH]c(C2COc3ccccc3C2)n1. The van der Waals surface area contributed by atoms with Crippen molar-refractivity contribution in [3.05, 3.63) is 57.8 Å². The predicted molar refractivity (Wildman–Crippen MR) is 81.9 cm³/mol. The first-order valence-corrected chi connectivity index (χ1v) is 7.26. The number of benzene rings is 1. The number of fused-ring (bicyclic) bond motifs is 1. The van der Waals surface area contributed by atoms with Crippen LogP contribution in [-0.2, 0) is 11.8 Å². The van der Waals surface area contributed by atoms with Crippen LogP contribution in [0, 0.1) is 0 Å². The van der Waals surface area contributed by atoms with Crippen molar-refractivity contribution in [2.24, 2.45) is 0 Å². The summed E-state index contributed by atoms with van der Waals surface area (Å²) in [5.41, 5.74) is 1.75. The second-order valence-corrected chi connectivity index (χ2v) is 6.59. The lowest BCUT2D eigenvalue weighted by molar-refractivity contribution is 0.257. The van der Waals surface area contributed by atoms with Crippen LogP contribution in [0.15, 0.2) is 35.1 Å². The van der Waals surface area contributed by atoms with E-state index in [9.17, 15) is 4.79 Å². The molecule has 1 aliphatic rings. The molecule has 0 fully saturated rings. The number of H-pyrrole nitrogens is 1. The molecule has 0 aliphatic carbocycles. The van der Waals surface area contributed by atoms with Crippen LogP contribution in [0.2, 0.25) is 0 Å². The fourth-order valence-corrected chi connectivity index (χ4v) is 2.56. The van der Waals surface area contributed by atoms with Crippen LogP contribution in [0.5, 0.6) is 5.75 Å². The molecule has 0 saturated carbocycles. The maximum absolute atomic E-state index is 11.9. The summed E-state index contributed by atoms with van der Waals surface area (Å²) < 4.78 is 5.79. The number of aromatic amines is 1. The number of aromatic nitrogens is 2. The molecule has 0 spiro atoms. The summed E-state index contributed by atoms with van der Waals surface area (Å²) in [7, 11) is 0. The Balaban J connectivity index is 1.95. The van der Waals surface area contributed by atoms with Crippen LogP contribution in [0.25, 0.3) is 0 Å². The number of ether oxygens (including phenoxy) is 1.